The van der Waals surface area contributed by atoms with E-state index in [9.17, 15) is 13.2 Å². The monoisotopic (exact) mass is 455 g/mol. The molecule has 1 aliphatic rings. The molecule has 1 unspecified atom stereocenters. The number of ether oxygens (including phenoxy) is 1. The predicted molar refractivity (Wildman–Crippen MR) is 106 cm³/mol. The van der Waals surface area contributed by atoms with Gasteiger partial charge in [-0.2, -0.15) is 0 Å². The fraction of sp³-hybridized carbons (Fsp3) is 0.421. The molecule has 1 amide bonds. The highest BCUT2D eigenvalue weighted by Crippen LogP contribution is 2.25. The smallest absolute Gasteiger partial charge is 0.254 e. The zero-order valence-corrected chi connectivity index (χ0v) is 17.5. The van der Waals surface area contributed by atoms with Crippen LogP contribution in [0, 0.1) is 0 Å². The third kappa shape index (κ3) is 5.13. The van der Waals surface area contributed by atoms with Crippen LogP contribution in [0.5, 0.6) is 5.75 Å². The Bertz CT molecular complexity index is 891. The number of sulfone groups is 1. The Labute approximate surface area is 167 Å². The maximum absolute atomic E-state index is 13.1. The van der Waals surface area contributed by atoms with Crippen LogP contribution in [-0.2, 0) is 16.4 Å². The SMILES string of the molecule is CCCOc1ccc(C(=O)N(Cc2ccc(Br)o2)C2CCS(=O)(=O)C2)cc1. The Morgan fingerprint density at radius 2 is 2.00 bits per heavy atom. The molecule has 1 saturated heterocycles. The lowest BCUT2D eigenvalue weighted by Crippen LogP contribution is -2.40. The number of halogens is 1. The Balaban J connectivity index is 1.81. The van der Waals surface area contributed by atoms with Crippen LogP contribution in [0.1, 0.15) is 35.9 Å². The quantitative estimate of drug-likeness (QED) is 0.636. The van der Waals surface area contributed by atoms with Crippen molar-refractivity contribution in [1.29, 1.82) is 0 Å². The van der Waals surface area contributed by atoms with Crippen LogP contribution in [0.4, 0.5) is 0 Å². The largest absolute Gasteiger partial charge is 0.494 e. The molecule has 0 radical (unpaired) electrons. The molecule has 2 heterocycles. The molecule has 1 fully saturated rings. The van der Waals surface area contributed by atoms with E-state index in [-0.39, 0.29) is 30.0 Å². The molecule has 1 aromatic carbocycles. The minimum Gasteiger partial charge on any atom is -0.494 e. The first-order valence-electron chi connectivity index (χ1n) is 8.86. The van der Waals surface area contributed by atoms with Crippen molar-refractivity contribution in [3.8, 4) is 5.75 Å². The predicted octanol–water partition coefficient (Wildman–Crippen LogP) is 3.66. The molecule has 0 spiro atoms. The summed E-state index contributed by atoms with van der Waals surface area (Å²) in [4.78, 5) is 14.7. The second kappa shape index (κ2) is 8.48. The average molecular weight is 456 g/mol. The summed E-state index contributed by atoms with van der Waals surface area (Å²) in [5, 5.41) is 0. The summed E-state index contributed by atoms with van der Waals surface area (Å²) < 4.78 is 35.5. The van der Waals surface area contributed by atoms with Crippen molar-refractivity contribution < 1.29 is 22.4 Å². The summed E-state index contributed by atoms with van der Waals surface area (Å²) >= 11 is 3.25. The number of benzene rings is 1. The number of hydrogen-bond acceptors (Lipinski definition) is 5. The lowest BCUT2D eigenvalue weighted by atomic mass is 10.1. The van der Waals surface area contributed by atoms with Crippen LogP contribution >= 0.6 is 15.9 Å². The van der Waals surface area contributed by atoms with Crippen LogP contribution < -0.4 is 4.74 Å². The summed E-state index contributed by atoms with van der Waals surface area (Å²) in [7, 11) is -3.11. The van der Waals surface area contributed by atoms with Gasteiger partial charge in [0.1, 0.15) is 11.5 Å². The first kappa shape index (κ1) is 19.9. The third-order valence-corrected chi connectivity index (χ3v) is 6.62. The Hall–Kier alpha value is -1.80. The molecule has 1 aliphatic heterocycles. The zero-order valence-electron chi connectivity index (χ0n) is 15.1. The number of nitrogens with zero attached hydrogens (tertiary/aromatic N) is 1. The Morgan fingerprint density at radius 3 is 2.56 bits per heavy atom. The second-order valence-corrected chi connectivity index (χ2v) is 9.58. The lowest BCUT2D eigenvalue weighted by molar-refractivity contribution is 0.0665. The second-order valence-electron chi connectivity index (χ2n) is 6.57. The highest BCUT2D eigenvalue weighted by Gasteiger charge is 2.35. The van der Waals surface area contributed by atoms with E-state index < -0.39 is 9.84 Å². The first-order chi connectivity index (χ1) is 12.9. The van der Waals surface area contributed by atoms with Gasteiger partial charge in [0, 0.05) is 11.6 Å². The molecule has 8 heteroatoms. The van der Waals surface area contributed by atoms with E-state index in [1.54, 1.807) is 41.3 Å². The molecule has 3 rings (SSSR count). The highest BCUT2D eigenvalue weighted by molar-refractivity contribution is 9.10. The summed E-state index contributed by atoms with van der Waals surface area (Å²) in [6.07, 6.45) is 1.34. The van der Waals surface area contributed by atoms with Gasteiger partial charge in [-0.15, -0.1) is 0 Å². The van der Waals surface area contributed by atoms with E-state index >= 15 is 0 Å². The van der Waals surface area contributed by atoms with Crippen molar-refractivity contribution in [1.82, 2.24) is 4.90 Å². The number of carbonyl (C=O) groups is 1. The van der Waals surface area contributed by atoms with E-state index in [2.05, 4.69) is 15.9 Å². The van der Waals surface area contributed by atoms with Gasteiger partial charge in [0.05, 0.1) is 24.7 Å². The number of rotatable bonds is 7. The van der Waals surface area contributed by atoms with E-state index in [0.29, 0.717) is 34.8 Å². The minimum atomic E-state index is -3.11. The molecule has 1 aromatic heterocycles. The summed E-state index contributed by atoms with van der Waals surface area (Å²) in [5.74, 6) is 1.18. The van der Waals surface area contributed by atoms with Gasteiger partial charge in [-0.25, -0.2) is 8.42 Å². The van der Waals surface area contributed by atoms with E-state index in [1.165, 1.54) is 0 Å². The molecule has 146 valence electrons. The average Bonchev–Trinajstić information content (AvgIpc) is 3.22. The molecule has 6 nitrogen and oxygen atoms in total. The zero-order chi connectivity index (χ0) is 19.4. The van der Waals surface area contributed by atoms with Crippen molar-refractivity contribution >= 4 is 31.7 Å². The van der Waals surface area contributed by atoms with Crippen LogP contribution in [-0.4, -0.2) is 43.4 Å². The van der Waals surface area contributed by atoms with Crippen molar-refractivity contribution in [2.24, 2.45) is 0 Å². The maximum Gasteiger partial charge on any atom is 0.254 e. The normalized spacial score (nSPS) is 18.4. The van der Waals surface area contributed by atoms with Crippen molar-refractivity contribution in [3.63, 3.8) is 0 Å². The minimum absolute atomic E-state index is 0.0156. The van der Waals surface area contributed by atoms with Gasteiger partial charge in [0.2, 0.25) is 0 Å². The van der Waals surface area contributed by atoms with E-state index in [0.717, 1.165) is 6.42 Å². The van der Waals surface area contributed by atoms with Crippen LogP contribution in [0.2, 0.25) is 0 Å². The summed E-state index contributed by atoms with van der Waals surface area (Å²) in [6.45, 7) is 2.86. The number of amides is 1. The Kier molecular flexibility index (Phi) is 6.26. The topological polar surface area (TPSA) is 76.8 Å². The summed E-state index contributed by atoms with van der Waals surface area (Å²) in [6, 6.07) is 10.1. The van der Waals surface area contributed by atoms with Gasteiger partial charge < -0.3 is 14.1 Å². The molecule has 0 saturated carbocycles. The van der Waals surface area contributed by atoms with Gasteiger partial charge in [-0.05, 0) is 65.2 Å². The van der Waals surface area contributed by atoms with Gasteiger partial charge >= 0.3 is 0 Å². The van der Waals surface area contributed by atoms with Crippen LogP contribution in [0.3, 0.4) is 0 Å². The molecule has 0 bridgehead atoms. The molecule has 27 heavy (non-hydrogen) atoms. The molecule has 2 aromatic rings. The molecular weight excluding hydrogens is 434 g/mol. The van der Waals surface area contributed by atoms with Crippen molar-refractivity contribution in [2.75, 3.05) is 18.1 Å². The van der Waals surface area contributed by atoms with E-state index in [4.69, 9.17) is 9.15 Å². The van der Waals surface area contributed by atoms with Gasteiger partial charge in [-0.3, -0.25) is 4.79 Å². The van der Waals surface area contributed by atoms with Crippen LogP contribution in [0.15, 0.2) is 45.5 Å². The first-order valence-corrected chi connectivity index (χ1v) is 11.5. The fourth-order valence-corrected chi connectivity index (χ4v) is 5.14. The molecule has 0 N–H and O–H groups in total. The fourth-order valence-electron chi connectivity index (χ4n) is 3.07. The Morgan fingerprint density at radius 1 is 1.26 bits per heavy atom. The molecular formula is C19H22BrNO5S. The maximum atomic E-state index is 13.1. The third-order valence-electron chi connectivity index (χ3n) is 4.44. The standard InChI is InChI=1S/C19H22BrNO5S/c1-2-10-25-16-5-3-14(4-6-16)19(22)21(12-17-7-8-18(20)26-17)15-9-11-27(23,24)13-15/h3-8,15H,2,9-13H2,1H3. The van der Waals surface area contributed by atoms with Crippen LogP contribution in [0.25, 0.3) is 0 Å². The number of hydrogen-bond donors (Lipinski definition) is 0. The summed E-state index contributed by atoms with van der Waals surface area (Å²) in [5.41, 5.74) is 0.494. The molecule has 1 atom stereocenters. The number of carbonyl (C=O) groups excluding carboxylic acids is 1. The number of furan rings is 1. The molecule has 0 aliphatic carbocycles. The van der Waals surface area contributed by atoms with Crippen molar-refractivity contribution in [3.05, 3.63) is 52.4 Å². The highest BCUT2D eigenvalue weighted by atomic mass is 79.9. The van der Waals surface area contributed by atoms with Crippen molar-refractivity contribution in [2.45, 2.75) is 32.4 Å². The lowest BCUT2D eigenvalue weighted by Gasteiger charge is -2.27. The van der Waals surface area contributed by atoms with E-state index in [1.807, 2.05) is 6.92 Å². The van der Waals surface area contributed by atoms with Gasteiger partial charge in [0.15, 0.2) is 14.5 Å². The van der Waals surface area contributed by atoms with Gasteiger partial charge in [-0.1, -0.05) is 6.92 Å². The van der Waals surface area contributed by atoms with Gasteiger partial charge in [0.25, 0.3) is 5.91 Å².